The molecule has 3 aromatic rings. The van der Waals surface area contributed by atoms with Crippen molar-refractivity contribution < 1.29 is 4.79 Å². The molecule has 3 aliphatic rings. The summed E-state index contributed by atoms with van der Waals surface area (Å²) < 4.78 is 0. The molecule has 0 spiro atoms. The molecule has 2 aromatic heterocycles. The van der Waals surface area contributed by atoms with E-state index in [0.717, 1.165) is 25.0 Å². The fourth-order valence-corrected chi connectivity index (χ4v) is 4.43. The lowest BCUT2D eigenvalue weighted by atomic mass is 9.89. The van der Waals surface area contributed by atoms with E-state index in [4.69, 9.17) is 0 Å². The zero-order valence-corrected chi connectivity index (χ0v) is 16.1. The van der Waals surface area contributed by atoms with E-state index >= 15 is 0 Å². The maximum Gasteiger partial charge on any atom is 0.288 e. The van der Waals surface area contributed by atoms with Gasteiger partial charge in [0.15, 0.2) is 0 Å². The van der Waals surface area contributed by atoms with Crippen LogP contribution in [-0.2, 0) is 6.42 Å². The Morgan fingerprint density at radius 1 is 1.32 bits per heavy atom. The van der Waals surface area contributed by atoms with Crippen LogP contribution in [0.25, 0.3) is 10.9 Å². The molecule has 0 saturated carbocycles. The summed E-state index contributed by atoms with van der Waals surface area (Å²) in [5.74, 6) is 0.677. The lowest BCUT2D eigenvalue weighted by Crippen LogP contribution is -2.67. The molecule has 146 valence electrons. The molecule has 3 atom stereocenters. The number of aromatic nitrogens is 4. The first-order valence-corrected chi connectivity index (χ1v) is 9.83. The summed E-state index contributed by atoms with van der Waals surface area (Å²) >= 11 is 0. The van der Waals surface area contributed by atoms with Gasteiger partial charge in [0.25, 0.3) is 5.91 Å². The molecule has 2 bridgehead atoms. The largest absolute Gasteiger partial charge is 0.361 e. The van der Waals surface area contributed by atoms with Gasteiger partial charge in [-0.2, -0.15) is 4.98 Å². The number of fused-ring (bicyclic) bond motifs is 3. The molecular formula is C20H25N7O. The third-order valence-corrected chi connectivity index (χ3v) is 6.11. The number of carbonyl (C=O) groups excluding carboxylic acids is 1. The van der Waals surface area contributed by atoms with Crippen LogP contribution in [0, 0.1) is 0 Å². The first-order valence-electron chi connectivity index (χ1n) is 9.83. The van der Waals surface area contributed by atoms with Gasteiger partial charge in [0.2, 0.25) is 11.8 Å². The molecule has 0 aliphatic carbocycles. The number of hydrogen-bond acceptors (Lipinski definition) is 5. The van der Waals surface area contributed by atoms with Crippen molar-refractivity contribution in [1.82, 2.24) is 30.4 Å². The third kappa shape index (κ3) is 2.93. The minimum absolute atomic E-state index is 0.0171. The lowest BCUT2D eigenvalue weighted by Gasteiger charge is -2.54. The van der Waals surface area contributed by atoms with Crippen molar-refractivity contribution in [3.8, 4) is 0 Å². The van der Waals surface area contributed by atoms with Crippen LogP contribution in [0.5, 0.6) is 0 Å². The number of likely N-dealkylation sites (N-methyl/N-ethyl adjacent to an activating group) is 1. The van der Waals surface area contributed by atoms with Gasteiger partial charge in [-0.3, -0.25) is 14.8 Å². The number of benzene rings is 1. The number of nitrogens with one attached hydrogen (secondary N) is 3. The number of anilines is 1. The normalized spacial score (nSPS) is 22.9. The smallest absolute Gasteiger partial charge is 0.288 e. The van der Waals surface area contributed by atoms with Crippen molar-refractivity contribution in [2.24, 2.45) is 0 Å². The van der Waals surface area contributed by atoms with Crippen molar-refractivity contribution in [3.05, 3.63) is 41.9 Å². The number of aromatic amines is 2. The van der Waals surface area contributed by atoms with Crippen LogP contribution in [0.2, 0.25) is 0 Å². The first-order chi connectivity index (χ1) is 13.6. The van der Waals surface area contributed by atoms with Gasteiger partial charge in [-0.25, -0.2) is 0 Å². The quantitative estimate of drug-likeness (QED) is 0.625. The number of carbonyl (C=O) groups is 1. The predicted molar refractivity (Wildman–Crippen MR) is 107 cm³/mol. The third-order valence-electron chi connectivity index (χ3n) is 6.11. The maximum absolute atomic E-state index is 12.6. The van der Waals surface area contributed by atoms with Crippen molar-refractivity contribution in [2.75, 3.05) is 25.0 Å². The Labute approximate surface area is 163 Å². The average molecular weight is 379 g/mol. The van der Waals surface area contributed by atoms with E-state index in [2.05, 4.69) is 54.5 Å². The monoisotopic (exact) mass is 379 g/mol. The minimum atomic E-state index is -0.217. The van der Waals surface area contributed by atoms with Crippen LogP contribution < -0.4 is 10.2 Å². The summed E-state index contributed by atoms with van der Waals surface area (Å²) in [5, 5.41) is 11.3. The van der Waals surface area contributed by atoms with Crippen LogP contribution in [0.3, 0.4) is 0 Å². The molecular weight excluding hydrogens is 354 g/mol. The van der Waals surface area contributed by atoms with Gasteiger partial charge in [-0.05, 0) is 38.4 Å². The van der Waals surface area contributed by atoms with Crippen molar-refractivity contribution in [2.45, 2.75) is 37.9 Å². The number of H-pyrrole nitrogens is 2. The number of hydrogen-bond donors (Lipinski definition) is 3. The molecule has 8 heteroatoms. The van der Waals surface area contributed by atoms with E-state index in [1.54, 1.807) is 0 Å². The average Bonchev–Trinajstić information content (AvgIpc) is 3.36. The zero-order valence-electron chi connectivity index (χ0n) is 16.1. The van der Waals surface area contributed by atoms with E-state index in [9.17, 15) is 4.79 Å². The van der Waals surface area contributed by atoms with Gasteiger partial charge in [0, 0.05) is 48.3 Å². The van der Waals surface area contributed by atoms with E-state index in [-0.39, 0.29) is 17.8 Å². The van der Waals surface area contributed by atoms with Crippen LogP contribution >= 0.6 is 0 Å². The van der Waals surface area contributed by atoms with Gasteiger partial charge < -0.3 is 15.2 Å². The van der Waals surface area contributed by atoms with E-state index in [1.807, 2.05) is 25.3 Å². The summed E-state index contributed by atoms with van der Waals surface area (Å²) in [6.45, 7) is 3.84. The molecule has 3 aliphatic heterocycles. The number of nitrogens with zero attached hydrogens (tertiary/aromatic N) is 4. The summed E-state index contributed by atoms with van der Waals surface area (Å²) in [4.78, 5) is 24.9. The Balaban J connectivity index is 1.22. The van der Waals surface area contributed by atoms with Crippen molar-refractivity contribution in [3.63, 3.8) is 0 Å². The van der Waals surface area contributed by atoms with Crippen LogP contribution in [-0.4, -0.2) is 69.2 Å². The summed E-state index contributed by atoms with van der Waals surface area (Å²) in [6.07, 6.45) is 4.01. The molecule has 1 aromatic carbocycles. The Hall–Kier alpha value is -2.87. The Kier molecular flexibility index (Phi) is 4.08. The lowest BCUT2D eigenvalue weighted by molar-refractivity contribution is 0.0258. The second-order valence-electron chi connectivity index (χ2n) is 8.04. The SMILES string of the molecule is CC(Cc1c[nH]c2ccccc12)NC(=O)c1nc(N2CC3CC(C2)N3C)n[nH]1. The second-order valence-corrected chi connectivity index (χ2v) is 8.04. The molecule has 6 rings (SSSR count). The van der Waals surface area contributed by atoms with Gasteiger partial charge in [-0.15, -0.1) is 5.10 Å². The van der Waals surface area contributed by atoms with Crippen LogP contribution in [0.15, 0.2) is 30.5 Å². The highest BCUT2D eigenvalue weighted by Crippen LogP contribution is 2.31. The topological polar surface area (TPSA) is 92.9 Å². The molecule has 8 nitrogen and oxygen atoms in total. The molecule has 3 saturated heterocycles. The van der Waals surface area contributed by atoms with Gasteiger partial charge in [-0.1, -0.05) is 18.2 Å². The van der Waals surface area contributed by atoms with E-state index < -0.39 is 0 Å². The van der Waals surface area contributed by atoms with Crippen LogP contribution in [0.4, 0.5) is 5.95 Å². The first kappa shape index (κ1) is 17.2. The summed E-state index contributed by atoms with van der Waals surface area (Å²) in [5.41, 5.74) is 2.31. The maximum atomic E-state index is 12.6. The molecule has 3 fully saturated rings. The molecule has 1 amide bonds. The van der Waals surface area contributed by atoms with Gasteiger partial charge >= 0.3 is 0 Å². The molecule has 28 heavy (non-hydrogen) atoms. The molecule has 0 radical (unpaired) electrons. The summed E-state index contributed by atoms with van der Waals surface area (Å²) in [6, 6.07) is 9.33. The fraction of sp³-hybridized carbons (Fsp3) is 0.450. The highest BCUT2D eigenvalue weighted by Gasteiger charge is 2.43. The molecule has 3 unspecified atom stereocenters. The van der Waals surface area contributed by atoms with Crippen molar-refractivity contribution in [1.29, 1.82) is 0 Å². The number of amides is 1. The fourth-order valence-electron chi connectivity index (χ4n) is 4.43. The van der Waals surface area contributed by atoms with Gasteiger partial charge in [0.1, 0.15) is 0 Å². The number of piperazine rings is 1. The van der Waals surface area contributed by atoms with Crippen molar-refractivity contribution >= 4 is 22.8 Å². The van der Waals surface area contributed by atoms with E-state index in [1.165, 1.54) is 17.4 Å². The number of piperidine rings is 1. The van der Waals surface area contributed by atoms with Gasteiger partial charge in [0.05, 0.1) is 0 Å². The predicted octanol–water partition coefficient (Wildman–Crippen LogP) is 1.54. The highest BCUT2D eigenvalue weighted by molar-refractivity contribution is 5.91. The van der Waals surface area contributed by atoms with Crippen LogP contribution in [0.1, 0.15) is 29.5 Å². The second kappa shape index (κ2) is 6.63. The Morgan fingerprint density at radius 2 is 2.11 bits per heavy atom. The van der Waals surface area contributed by atoms with E-state index in [0.29, 0.717) is 18.0 Å². The minimum Gasteiger partial charge on any atom is -0.361 e. The molecule has 5 heterocycles. The highest BCUT2D eigenvalue weighted by atomic mass is 16.2. The Bertz CT molecular complexity index is 997. The molecule has 3 N–H and O–H groups in total. The Morgan fingerprint density at radius 3 is 2.89 bits per heavy atom. The standard InChI is InChI=1S/C20H25N7O/c1-12(7-13-9-21-17-6-4-3-5-16(13)17)22-19(28)18-23-20(25-24-18)27-10-14-8-15(11-27)26(14)2/h3-6,9,12,14-15,21H,7-8,10-11H2,1-2H3,(H,22,28)(H,23,24,25). The zero-order chi connectivity index (χ0) is 19.3. The number of rotatable bonds is 5. The number of para-hydroxylation sites is 1. The summed E-state index contributed by atoms with van der Waals surface area (Å²) in [7, 11) is 2.17.